The van der Waals surface area contributed by atoms with Crippen LogP contribution in [-0.4, -0.2) is 35.4 Å². The zero-order valence-corrected chi connectivity index (χ0v) is 17.5. The smallest absolute Gasteiger partial charge is 0.243 e. The van der Waals surface area contributed by atoms with E-state index in [4.69, 9.17) is 4.74 Å². The Bertz CT molecular complexity index is 1090. The van der Waals surface area contributed by atoms with E-state index in [0.717, 1.165) is 18.7 Å². The monoisotopic (exact) mass is 411 g/mol. The predicted octanol–water partition coefficient (Wildman–Crippen LogP) is 3.60. The quantitative estimate of drug-likeness (QED) is 0.568. The van der Waals surface area contributed by atoms with E-state index in [1.165, 1.54) is 11.1 Å². The lowest BCUT2D eigenvalue weighted by Gasteiger charge is -2.22. The molecule has 0 aliphatic heterocycles. The van der Waals surface area contributed by atoms with Gasteiger partial charge in [-0.05, 0) is 49.6 Å². The Hall–Kier alpha value is -2.64. The van der Waals surface area contributed by atoms with Crippen LogP contribution in [0.15, 0.2) is 65.8 Å². The topological polar surface area (TPSA) is 64.4 Å². The van der Waals surface area contributed by atoms with Gasteiger partial charge in [-0.15, -0.1) is 0 Å². The molecule has 0 atom stereocenters. The third-order valence-corrected chi connectivity index (χ3v) is 7.07. The van der Waals surface area contributed by atoms with Gasteiger partial charge in [-0.3, -0.25) is 0 Å². The molecule has 4 rings (SSSR count). The second-order valence-electron chi connectivity index (χ2n) is 7.42. The summed E-state index contributed by atoms with van der Waals surface area (Å²) in [4.78, 5) is 4.74. The minimum Gasteiger partial charge on any atom is -0.497 e. The first-order chi connectivity index (χ1) is 14.0. The van der Waals surface area contributed by atoms with Gasteiger partial charge in [0.2, 0.25) is 10.0 Å². The van der Waals surface area contributed by atoms with Crippen LogP contribution in [0, 0.1) is 6.92 Å². The summed E-state index contributed by atoms with van der Waals surface area (Å²) in [5.74, 6) is 1.38. The minimum absolute atomic E-state index is 0.0335. The molecule has 7 heteroatoms. The summed E-state index contributed by atoms with van der Waals surface area (Å²) in [6.07, 6.45) is 5.40. The van der Waals surface area contributed by atoms with E-state index >= 15 is 0 Å². The lowest BCUT2D eigenvalue weighted by atomic mass is 10.1. The molecular weight excluding hydrogens is 386 g/mol. The average Bonchev–Trinajstić information content (AvgIpc) is 3.46. The molecule has 1 aliphatic rings. The Morgan fingerprint density at radius 2 is 1.93 bits per heavy atom. The number of hydrogen-bond donors (Lipinski definition) is 0. The molecule has 0 radical (unpaired) electrons. The Morgan fingerprint density at radius 3 is 2.59 bits per heavy atom. The maximum absolute atomic E-state index is 13.3. The Balaban J connectivity index is 1.59. The second-order valence-corrected chi connectivity index (χ2v) is 9.31. The predicted molar refractivity (Wildman–Crippen MR) is 111 cm³/mol. The van der Waals surface area contributed by atoms with E-state index in [1.807, 2.05) is 16.8 Å². The van der Waals surface area contributed by atoms with Gasteiger partial charge in [0.15, 0.2) is 0 Å². The van der Waals surface area contributed by atoms with Crippen LogP contribution in [0.5, 0.6) is 5.75 Å². The van der Waals surface area contributed by atoms with Crippen molar-refractivity contribution in [3.63, 3.8) is 0 Å². The number of sulfonamides is 1. The first kappa shape index (κ1) is 19.7. The van der Waals surface area contributed by atoms with E-state index in [2.05, 4.69) is 30.1 Å². The molecule has 0 saturated heterocycles. The van der Waals surface area contributed by atoms with E-state index in [0.29, 0.717) is 12.3 Å². The number of imidazole rings is 1. The maximum atomic E-state index is 13.3. The second kappa shape index (κ2) is 8.00. The Kier molecular flexibility index (Phi) is 5.43. The summed E-state index contributed by atoms with van der Waals surface area (Å²) < 4.78 is 35.4. The van der Waals surface area contributed by atoms with Gasteiger partial charge in [-0.2, -0.15) is 4.31 Å². The van der Waals surface area contributed by atoms with Crippen molar-refractivity contribution in [1.29, 1.82) is 0 Å². The number of nitrogens with zero attached hydrogens (tertiary/aromatic N) is 3. The van der Waals surface area contributed by atoms with Crippen LogP contribution in [0.4, 0.5) is 0 Å². The summed E-state index contributed by atoms with van der Waals surface area (Å²) in [6, 6.07) is 14.9. The molecule has 0 unspecified atom stereocenters. The molecule has 0 bridgehead atoms. The van der Waals surface area contributed by atoms with Gasteiger partial charge in [0.1, 0.15) is 11.6 Å². The molecule has 3 aromatic rings. The molecule has 2 aromatic carbocycles. The van der Waals surface area contributed by atoms with Crippen molar-refractivity contribution in [2.75, 3.05) is 7.11 Å². The van der Waals surface area contributed by atoms with Gasteiger partial charge in [0.05, 0.1) is 18.6 Å². The Labute approximate surface area is 171 Å². The lowest BCUT2D eigenvalue weighted by molar-refractivity contribution is 0.383. The fourth-order valence-electron chi connectivity index (χ4n) is 3.44. The van der Waals surface area contributed by atoms with Crippen molar-refractivity contribution in [2.24, 2.45) is 0 Å². The molecule has 1 saturated carbocycles. The zero-order chi connectivity index (χ0) is 20.4. The maximum Gasteiger partial charge on any atom is 0.243 e. The molecule has 1 fully saturated rings. The number of ether oxygens (including phenoxy) is 1. The van der Waals surface area contributed by atoms with E-state index in [9.17, 15) is 8.42 Å². The fraction of sp³-hybridized carbons (Fsp3) is 0.318. The van der Waals surface area contributed by atoms with Crippen molar-refractivity contribution in [2.45, 2.75) is 43.8 Å². The van der Waals surface area contributed by atoms with Crippen molar-refractivity contribution in [1.82, 2.24) is 13.9 Å². The molecule has 0 spiro atoms. The van der Waals surface area contributed by atoms with E-state index in [-0.39, 0.29) is 17.5 Å². The molecular formula is C22H25N3O3S. The molecule has 152 valence electrons. The minimum atomic E-state index is -3.61. The molecule has 29 heavy (non-hydrogen) atoms. The largest absolute Gasteiger partial charge is 0.497 e. The molecule has 0 N–H and O–H groups in total. The molecule has 6 nitrogen and oxygen atoms in total. The van der Waals surface area contributed by atoms with Crippen molar-refractivity contribution >= 4 is 10.0 Å². The number of benzene rings is 2. The van der Waals surface area contributed by atoms with E-state index < -0.39 is 10.0 Å². The average molecular weight is 412 g/mol. The number of aromatic nitrogens is 2. The molecule has 1 aromatic heterocycles. The summed E-state index contributed by atoms with van der Waals surface area (Å²) in [5, 5.41) is 0. The molecule has 0 amide bonds. The first-order valence-electron chi connectivity index (χ1n) is 9.69. The molecule has 1 heterocycles. The number of hydrogen-bond acceptors (Lipinski definition) is 4. The van der Waals surface area contributed by atoms with Gasteiger partial charge < -0.3 is 9.30 Å². The van der Waals surface area contributed by atoms with Gasteiger partial charge in [0, 0.05) is 25.0 Å². The first-order valence-corrected chi connectivity index (χ1v) is 11.1. The van der Waals surface area contributed by atoms with Crippen molar-refractivity contribution in [3.05, 3.63) is 77.9 Å². The van der Waals surface area contributed by atoms with Gasteiger partial charge in [-0.25, -0.2) is 13.4 Å². The molecule has 1 aliphatic carbocycles. The van der Waals surface area contributed by atoms with Crippen LogP contribution in [-0.2, 0) is 23.1 Å². The highest BCUT2D eigenvalue weighted by Crippen LogP contribution is 2.33. The van der Waals surface area contributed by atoms with Gasteiger partial charge in [-0.1, -0.05) is 29.8 Å². The fourth-order valence-corrected chi connectivity index (χ4v) is 5.08. The van der Waals surface area contributed by atoms with Crippen LogP contribution >= 0.6 is 0 Å². The van der Waals surface area contributed by atoms with Crippen LogP contribution in [0.1, 0.15) is 29.8 Å². The summed E-state index contributed by atoms with van der Waals surface area (Å²) in [7, 11) is -2.05. The van der Waals surface area contributed by atoms with Crippen LogP contribution in [0.2, 0.25) is 0 Å². The normalized spacial score (nSPS) is 14.3. The Morgan fingerprint density at radius 1 is 1.17 bits per heavy atom. The highest BCUT2D eigenvalue weighted by molar-refractivity contribution is 7.89. The van der Waals surface area contributed by atoms with Gasteiger partial charge >= 0.3 is 0 Å². The lowest BCUT2D eigenvalue weighted by Crippen LogP contribution is -2.33. The van der Waals surface area contributed by atoms with Crippen LogP contribution in [0.3, 0.4) is 0 Å². The zero-order valence-electron chi connectivity index (χ0n) is 16.7. The van der Waals surface area contributed by atoms with Crippen molar-refractivity contribution in [3.8, 4) is 5.75 Å². The summed E-state index contributed by atoms with van der Waals surface area (Å²) in [6.45, 7) is 2.99. The summed E-state index contributed by atoms with van der Waals surface area (Å²) >= 11 is 0. The highest BCUT2D eigenvalue weighted by Gasteiger charge is 2.38. The number of rotatable bonds is 8. The highest BCUT2D eigenvalue weighted by atomic mass is 32.2. The third-order valence-electron chi connectivity index (χ3n) is 5.15. The number of methoxy groups -OCH3 is 1. The summed E-state index contributed by atoms with van der Waals surface area (Å²) in [5.41, 5.74) is 2.37. The van der Waals surface area contributed by atoms with E-state index in [1.54, 1.807) is 41.9 Å². The van der Waals surface area contributed by atoms with Crippen LogP contribution < -0.4 is 4.74 Å². The van der Waals surface area contributed by atoms with Gasteiger partial charge in [0.25, 0.3) is 0 Å². The van der Waals surface area contributed by atoms with Crippen LogP contribution in [0.25, 0.3) is 0 Å². The number of aryl methyl sites for hydroxylation is 1. The standard InChI is InChI=1S/C22H25N3O3S/c1-17-4-3-5-18(14-17)15-24-13-12-23-22(24)16-25(19-6-7-19)29(26,27)21-10-8-20(28-2)9-11-21/h3-5,8-14,19H,6-7,15-16H2,1-2H3. The van der Waals surface area contributed by atoms with Crippen molar-refractivity contribution < 1.29 is 13.2 Å². The SMILES string of the molecule is COc1ccc(S(=O)(=O)N(Cc2nccn2Cc2cccc(C)c2)C2CC2)cc1. The third kappa shape index (κ3) is 4.36.